The van der Waals surface area contributed by atoms with E-state index in [0.29, 0.717) is 6.54 Å². The zero-order valence-electron chi connectivity index (χ0n) is 16.7. The van der Waals surface area contributed by atoms with E-state index in [4.69, 9.17) is 4.99 Å². The first-order valence-corrected chi connectivity index (χ1v) is 10.5. The lowest BCUT2D eigenvalue weighted by molar-refractivity contribution is -0.138. The van der Waals surface area contributed by atoms with Crippen LogP contribution >= 0.6 is 35.7 Å². The van der Waals surface area contributed by atoms with Gasteiger partial charge in [0.2, 0.25) is 5.91 Å². The van der Waals surface area contributed by atoms with E-state index in [9.17, 15) is 4.79 Å². The SMILES string of the molecule is CCNC(=NCC1(C(=O)N(C)C)CCCC1)NCCSc1ccccc1.I. The Labute approximate surface area is 185 Å². The minimum absolute atomic E-state index is 0. The Morgan fingerprint density at radius 3 is 2.44 bits per heavy atom. The molecule has 2 rings (SSSR count). The van der Waals surface area contributed by atoms with Crippen molar-refractivity contribution in [2.75, 3.05) is 39.5 Å². The first-order chi connectivity index (χ1) is 12.6. The molecule has 7 heteroatoms. The van der Waals surface area contributed by atoms with Crippen molar-refractivity contribution in [2.45, 2.75) is 37.5 Å². The van der Waals surface area contributed by atoms with Crippen molar-refractivity contribution in [1.29, 1.82) is 0 Å². The van der Waals surface area contributed by atoms with E-state index in [2.05, 4.69) is 41.8 Å². The Balaban J connectivity index is 0.00000364. The summed E-state index contributed by atoms with van der Waals surface area (Å²) in [5, 5.41) is 6.69. The minimum Gasteiger partial charge on any atom is -0.357 e. The summed E-state index contributed by atoms with van der Waals surface area (Å²) in [6, 6.07) is 10.4. The van der Waals surface area contributed by atoms with Gasteiger partial charge in [0.15, 0.2) is 5.96 Å². The highest BCUT2D eigenvalue weighted by Gasteiger charge is 2.41. The monoisotopic (exact) mass is 504 g/mol. The third kappa shape index (κ3) is 7.52. The molecular weight excluding hydrogens is 471 g/mol. The number of hydrogen-bond donors (Lipinski definition) is 2. The molecule has 0 radical (unpaired) electrons. The number of benzene rings is 1. The van der Waals surface area contributed by atoms with E-state index in [1.165, 1.54) is 4.90 Å². The summed E-state index contributed by atoms with van der Waals surface area (Å²) >= 11 is 1.83. The summed E-state index contributed by atoms with van der Waals surface area (Å²) in [4.78, 5) is 20.4. The first kappa shape index (κ1) is 24.1. The van der Waals surface area contributed by atoms with Crippen LogP contribution in [-0.4, -0.2) is 56.2 Å². The predicted octanol–water partition coefficient (Wildman–Crippen LogP) is 3.60. The van der Waals surface area contributed by atoms with Crippen molar-refractivity contribution < 1.29 is 4.79 Å². The largest absolute Gasteiger partial charge is 0.357 e. The Bertz CT molecular complexity index is 589. The van der Waals surface area contributed by atoms with E-state index in [1.54, 1.807) is 4.90 Å². The van der Waals surface area contributed by atoms with Crippen molar-refractivity contribution in [1.82, 2.24) is 15.5 Å². The zero-order valence-corrected chi connectivity index (χ0v) is 19.8. The lowest BCUT2D eigenvalue weighted by atomic mass is 9.85. The van der Waals surface area contributed by atoms with Gasteiger partial charge in [0.25, 0.3) is 0 Å². The fourth-order valence-electron chi connectivity index (χ4n) is 3.39. The molecule has 0 unspecified atom stereocenters. The highest BCUT2D eigenvalue weighted by Crippen LogP contribution is 2.39. The normalized spacial score (nSPS) is 15.7. The molecule has 152 valence electrons. The second kappa shape index (κ2) is 12.5. The van der Waals surface area contributed by atoms with Crippen LogP contribution in [0.5, 0.6) is 0 Å². The van der Waals surface area contributed by atoms with Gasteiger partial charge in [-0.1, -0.05) is 31.0 Å². The highest BCUT2D eigenvalue weighted by molar-refractivity contribution is 14.0. The standard InChI is InChI=1S/C20H32N4OS.HI/c1-4-21-19(22-14-15-26-17-10-6-5-7-11-17)23-16-20(12-8-9-13-20)18(25)24(2)3;/h5-7,10-11H,4,8-9,12-16H2,1-3H3,(H2,21,22,23);1H. The molecule has 1 amide bonds. The van der Waals surface area contributed by atoms with Gasteiger partial charge in [0.1, 0.15) is 0 Å². The number of thioether (sulfide) groups is 1. The summed E-state index contributed by atoms with van der Waals surface area (Å²) in [5.41, 5.74) is -0.315. The van der Waals surface area contributed by atoms with Crippen molar-refractivity contribution in [3.63, 3.8) is 0 Å². The maximum absolute atomic E-state index is 12.7. The second-order valence-corrected chi connectivity index (χ2v) is 8.14. The fourth-order valence-corrected chi connectivity index (χ4v) is 4.18. The van der Waals surface area contributed by atoms with E-state index in [1.807, 2.05) is 31.9 Å². The third-order valence-corrected chi connectivity index (χ3v) is 5.72. The van der Waals surface area contributed by atoms with Crippen LogP contribution in [0.15, 0.2) is 40.2 Å². The maximum atomic E-state index is 12.7. The highest BCUT2D eigenvalue weighted by atomic mass is 127. The molecule has 2 N–H and O–H groups in total. The molecule has 0 aromatic heterocycles. The molecule has 0 heterocycles. The quantitative estimate of drug-likeness (QED) is 0.187. The predicted molar refractivity (Wildman–Crippen MR) is 126 cm³/mol. The van der Waals surface area contributed by atoms with E-state index in [0.717, 1.165) is 50.5 Å². The minimum atomic E-state index is -0.315. The summed E-state index contributed by atoms with van der Waals surface area (Å²) in [6.07, 6.45) is 4.12. The summed E-state index contributed by atoms with van der Waals surface area (Å²) in [7, 11) is 3.69. The molecule has 1 aliphatic rings. The Morgan fingerprint density at radius 2 is 1.85 bits per heavy atom. The molecule has 0 saturated heterocycles. The average Bonchev–Trinajstić information content (AvgIpc) is 3.13. The second-order valence-electron chi connectivity index (χ2n) is 6.97. The van der Waals surface area contributed by atoms with Gasteiger partial charge in [-0.3, -0.25) is 9.79 Å². The Morgan fingerprint density at radius 1 is 1.19 bits per heavy atom. The van der Waals surface area contributed by atoms with Crippen molar-refractivity contribution in [3.05, 3.63) is 30.3 Å². The van der Waals surface area contributed by atoms with Gasteiger partial charge >= 0.3 is 0 Å². The third-order valence-electron chi connectivity index (χ3n) is 4.71. The maximum Gasteiger partial charge on any atom is 0.230 e. The van der Waals surface area contributed by atoms with Crippen LogP contribution in [0.1, 0.15) is 32.6 Å². The number of carbonyl (C=O) groups excluding carboxylic acids is 1. The summed E-state index contributed by atoms with van der Waals surface area (Å²) in [5.74, 6) is 1.99. The number of amides is 1. The van der Waals surface area contributed by atoms with Gasteiger partial charge in [0.05, 0.1) is 12.0 Å². The molecule has 5 nitrogen and oxygen atoms in total. The molecule has 0 aliphatic heterocycles. The number of hydrogen-bond acceptors (Lipinski definition) is 3. The number of rotatable bonds is 8. The van der Waals surface area contributed by atoms with Crippen LogP contribution in [0.3, 0.4) is 0 Å². The van der Waals surface area contributed by atoms with E-state index >= 15 is 0 Å². The van der Waals surface area contributed by atoms with Gasteiger partial charge in [-0.05, 0) is 31.9 Å². The molecule has 27 heavy (non-hydrogen) atoms. The smallest absolute Gasteiger partial charge is 0.230 e. The molecular formula is C20H33IN4OS. The number of aliphatic imine (C=N–C) groups is 1. The van der Waals surface area contributed by atoms with Gasteiger partial charge in [0, 0.05) is 37.8 Å². The zero-order chi connectivity index (χ0) is 18.8. The molecule has 1 fully saturated rings. The first-order valence-electron chi connectivity index (χ1n) is 9.49. The van der Waals surface area contributed by atoms with Gasteiger partial charge < -0.3 is 15.5 Å². The number of nitrogens with zero attached hydrogens (tertiary/aromatic N) is 2. The van der Waals surface area contributed by atoms with Crippen LogP contribution < -0.4 is 10.6 Å². The molecule has 0 atom stereocenters. The summed E-state index contributed by atoms with van der Waals surface area (Å²) in [6.45, 7) is 4.27. The van der Waals surface area contributed by atoms with Crippen LogP contribution in [0, 0.1) is 5.41 Å². The molecule has 1 aromatic carbocycles. The fraction of sp³-hybridized carbons (Fsp3) is 0.600. The van der Waals surface area contributed by atoms with E-state index < -0.39 is 0 Å². The van der Waals surface area contributed by atoms with Gasteiger partial charge in [-0.15, -0.1) is 35.7 Å². The lowest BCUT2D eigenvalue weighted by Gasteiger charge is -2.29. The van der Waals surface area contributed by atoms with Crippen LogP contribution in [0.4, 0.5) is 0 Å². The number of nitrogens with one attached hydrogen (secondary N) is 2. The number of guanidine groups is 1. The molecule has 0 bridgehead atoms. The number of halogens is 1. The van der Waals surface area contributed by atoms with Crippen molar-refractivity contribution in [2.24, 2.45) is 10.4 Å². The van der Waals surface area contributed by atoms with Crippen LogP contribution in [0.25, 0.3) is 0 Å². The molecule has 1 saturated carbocycles. The Kier molecular flexibility index (Phi) is 11.1. The molecule has 1 aromatic rings. The van der Waals surface area contributed by atoms with Gasteiger partial charge in [-0.2, -0.15) is 0 Å². The number of carbonyl (C=O) groups is 1. The van der Waals surface area contributed by atoms with E-state index in [-0.39, 0.29) is 35.3 Å². The topological polar surface area (TPSA) is 56.7 Å². The van der Waals surface area contributed by atoms with Gasteiger partial charge in [-0.25, -0.2) is 0 Å². The average molecular weight is 504 g/mol. The Hall–Kier alpha value is -0.960. The molecule has 1 aliphatic carbocycles. The molecule has 0 spiro atoms. The summed E-state index contributed by atoms with van der Waals surface area (Å²) < 4.78 is 0. The van der Waals surface area contributed by atoms with Crippen LogP contribution in [-0.2, 0) is 4.79 Å². The lowest BCUT2D eigenvalue weighted by Crippen LogP contribution is -2.43. The van der Waals surface area contributed by atoms with Crippen molar-refractivity contribution in [3.8, 4) is 0 Å². The van der Waals surface area contributed by atoms with Crippen LogP contribution in [0.2, 0.25) is 0 Å². The van der Waals surface area contributed by atoms with Crippen molar-refractivity contribution >= 4 is 47.6 Å².